The smallest absolute Gasteiger partial charge is 0.0359 e. The largest absolute Gasteiger partial charge is 0.374 e. The van der Waals surface area contributed by atoms with Crippen LogP contribution in [0.3, 0.4) is 0 Å². The van der Waals surface area contributed by atoms with Gasteiger partial charge in [-0.15, -0.1) is 0 Å². The van der Waals surface area contributed by atoms with Crippen molar-refractivity contribution in [1.29, 1.82) is 0 Å². The lowest BCUT2D eigenvalue weighted by Crippen LogP contribution is -2.23. The van der Waals surface area contributed by atoms with E-state index in [0.29, 0.717) is 5.92 Å². The van der Waals surface area contributed by atoms with Crippen molar-refractivity contribution in [2.75, 3.05) is 13.6 Å². The minimum absolute atomic E-state index is 0.663. The summed E-state index contributed by atoms with van der Waals surface area (Å²) in [6.07, 6.45) is 15.4. The third-order valence-electron chi connectivity index (χ3n) is 4.28. The van der Waals surface area contributed by atoms with E-state index in [1.807, 2.05) is 0 Å². The molecule has 0 spiro atoms. The normalized spacial score (nSPS) is 30.5. The Morgan fingerprint density at radius 1 is 1.29 bits per heavy atom. The fourth-order valence-electron chi connectivity index (χ4n) is 3.44. The van der Waals surface area contributed by atoms with E-state index in [2.05, 4.69) is 49.3 Å². The molecule has 1 fully saturated rings. The lowest BCUT2D eigenvalue weighted by Gasteiger charge is -2.29. The van der Waals surface area contributed by atoms with Crippen LogP contribution in [-0.2, 0) is 0 Å². The quantitative estimate of drug-likeness (QED) is 0.695. The third-order valence-corrected chi connectivity index (χ3v) is 4.28. The summed E-state index contributed by atoms with van der Waals surface area (Å²) in [7, 11) is 2.24. The molecule has 0 aromatic rings. The van der Waals surface area contributed by atoms with Crippen molar-refractivity contribution in [2.45, 2.75) is 26.2 Å². The summed E-state index contributed by atoms with van der Waals surface area (Å²) in [5, 5.41) is 0. The van der Waals surface area contributed by atoms with Gasteiger partial charge in [-0.05, 0) is 29.9 Å². The van der Waals surface area contributed by atoms with Crippen LogP contribution >= 0.6 is 0 Å². The number of allylic oxidation sites excluding steroid dienone is 7. The molecule has 1 aliphatic heterocycles. The third kappa shape index (κ3) is 1.69. The molecule has 90 valence electrons. The lowest BCUT2D eigenvalue weighted by atomic mass is 9.88. The van der Waals surface area contributed by atoms with E-state index in [-0.39, 0.29) is 0 Å². The summed E-state index contributed by atoms with van der Waals surface area (Å²) >= 11 is 0. The van der Waals surface area contributed by atoms with Crippen molar-refractivity contribution in [3.63, 3.8) is 0 Å². The molecule has 0 aromatic heterocycles. The van der Waals surface area contributed by atoms with E-state index in [0.717, 1.165) is 12.5 Å². The molecule has 2 atom stereocenters. The molecular weight excluding hydrogens is 206 g/mol. The number of nitrogens with zero attached hydrogens (tertiary/aromatic N) is 1. The zero-order valence-corrected chi connectivity index (χ0v) is 10.8. The lowest BCUT2D eigenvalue weighted by molar-refractivity contribution is 0.427. The van der Waals surface area contributed by atoms with Crippen LogP contribution in [0.1, 0.15) is 26.2 Å². The van der Waals surface area contributed by atoms with Crippen LogP contribution in [0.25, 0.3) is 0 Å². The van der Waals surface area contributed by atoms with Gasteiger partial charge in [0.15, 0.2) is 0 Å². The van der Waals surface area contributed by atoms with Crippen molar-refractivity contribution < 1.29 is 0 Å². The number of rotatable bonds is 2. The van der Waals surface area contributed by atoms with Gasteiger partial charge >= 0.3 is 0 Å². The summed E-state index contributed by atoms with van der Waals surface area (Å²) in [4.78, 5) is 2.44. The zero-order valence-electron chi connectivity index (χ0n) is 10.8. The van der Waals surface area contributed by atoms with Crippen molar-refractivity contribution in [2.24, 2.45) is 11.8 Å². The summed E-state index contributed by atoms with van der Waals surface area (Å²) in [5.41, 5.74) is 4.87. The molecule has 0 radical (unpaired) electrons. The van der Waals surface area contributed by atoms with E-state index in [1.165, 1.54) is 19.3 Å². The second-order valence-electron chi connectivity index (χ2n) is 5.38. The Morgan fingerprint density at radius 2 is 2.12 bits per heavy atom. The molecule has 3 aliphatic rings. The van der Waals surface area contributed by atoms with Gasteiger partial charge in [0.1, 0.15) is 0 Å². The van der Waals surface area contributed by atoms with Gasteiger partial charge in [0, 0.05) is 25.2 Å². The van der Waals surface area contributed by atoms with Crippen molar-refractivity contribution in [3.8, 4) is 0 Å². The molecule has 0 N–H and O–H groups in total. The predicted octanol–water partition coefficient (Wildman–Crippen LogP) is 3.67. The molecule has 0 bridgehead atoms. The van der Waals surface area contributed by atoms with Gasteiger partial charge in [-0.1, -0.05) is 43.7 Å². The second kappa shape index (κ2) is 4.21. The topological polar surface area (TPSA) is 3.24 Å². The van der Waals surface area contributed by atoms with E-state index in [9.17, 15) is 0 Å². The van der Waals surface area contributed by atoms with Crippen molar-refractivity contribution in [1.82, 2.24) is 4.90 Å². The molecule has 2 unspecified atom stereocenters. The second-order valence-corrected chi connectivity index (χ2v) is 5.38. The fourth-order valence-corrected chi connectivity index (χ4v) is 3.44. The average Bonchev–Trinajstić information content (AvgIpc) is 2.72. The first-order valence-electron chi connectivity index (χ1n) is 6.80. The highest BCUT2D eigenvalue weighted by Crippen LogP contribution is 2.47. The molecule has 0 amide bonds. The molecule has 1 nitrogen and oxygen atoms in total. The Balaban J connectivity index is 2.00. The molecule has 1 heteroatoms. The molecule has 1 heterocycles. The Hall–Kier alpha value is -1.24. The van der Waals surface area contributed by atoms with E-state index >= 15 is 0 Å². The first-order valence-corrected chi connectivity index (χ1v) is 6.80. The summed E-state index contributed by atoms with van der Waals surface area (Å²) in [6.45, 7) is 3.37. The van der Waals surface area contributed by atoms with Crippen LogP contribution in [0.15, 0.2) is 47.2 Å². The SMILES string of the molecule is CCCC1=C2CC3C=CC=CC3C2=CCN1C. The summed E-state index contributed by atoms with van der Waals surface area (Å²) in [5.74, 6) is 1.38. The highest BCUT2D eigenvalue weighted by molar-refractivity contribution is 5.48. The van der Waals surface area contributed by atoms with Crippen LogP contribution in [0.4, 0.5) is 0 Å². The van der Waals surface area contributed by atoms with Gasteiger partial charge in [0.25, 0.3) is 0 Å². The highest BCUT2D eigenvalue weighted by atomic mass is 15.1. The minimum atomic E-state index is 0.663. The number of hydrogen-bond acceptors (Lipinski definition) is 1. The minimum Gasteiger partial charge on any atom is -0.374 e. The Bertz CT molecular complexity index is 436. The van der Waals surface area contributed by atoms with Gasteiger partial charge < -0.3 is 4.90 Å². The zero-order chi connectivity index (χ0) is 11.8. The molecule has 0 aromatic carbocycles. The average molecular weight is 227 g/mol. The molecular formula is C16H21N. The first-order chi connectivity index (χ1) is 8.31. The summed E-state index contributed by atoms with van der Waals surface area (Å²) in [6, 6.07) is 0. The Kier molecular flexibility index (Phi) is 2.70. The number of fused-ring (bicyclic) bond motifs is 3. The first kappa shape index (κ1) is 10.9. The maximum Gasteiger partial charge on any atom is 0.0359 e. The van der Waals surface area contributed by atoms with Gasteiger partial charge in [0.05, 0.1) is 0 Å². The van der Waals surface area contributed by atoms with Crippen LogP contribution < -0.4 is 0 Å². The van der Waals surface area contributed by atoms with E-state index < -0.39 is 0 Å². The van der Waals surface area contributed by atoms with Gasteiger partial charge in [0.2, 0.25) is 0 Å². The van der Waals surface area contributed by atoms with Crippen LogP contribution in [-0.4, -0.2) is 18.5 Å². The maximum atomic E-state index is 2.45. The maximum absolute atomic E-state index is 2.45. The molecule has 3 rings (SSSR count). The van der Waals surface area contributed by atoms with Gasteiger partial charge in [-0.2, -0.15) is 0 Å². The van der Waals surface area contributed by atoms with Gasteiger partial charge in [-0.25, -0.2) is 0 Å². The number of hydrogen-bond donors (Lipinski definition) is 0. The van der Waals surface area contributed by atoms with Gasteiger partial charge in [-0.3, -0.25) is 0 Å². The predicted molar refractivity (Wildman–Crippen MR) is 72.5 cm³/mol. The molecule has 2 aliphatic carbocycles. The van der Waals surface area contributed by atoms with Crippen molar-refractivity contribution in [3.05, 3.63) is 47.2 Å². The van der Waals surface area contributed by atoms with E-state index in [4.69, 9.17) is 0 Å². The number of likely N-dealkylation sites (N-methyl/N-ethyl adjacent to an activating group) is 1. The van der Waals surface area contributed by atoms with Crippen molar-refractivity contribution >= 4 is 0 Å². The van der Waals surface area contributed by atoms with Crippen LogP contribution in [0.5, 0.6) is 0 Å². The molecule has 1 saturated carbocycles. The fraction of sp³-hybridized carbons (Fsp3) is 0.500. The van der Waals surface area contributed by atoms with Crippen LogP contribution in [0, 0.1) is 11.8 Å². The van der Waals surface area contributed by atoms with E-state index in [1.54, 1.807) is 16.8 Å². The Labute approximate surface area is 104 Å². The highest BCUT2D eigenvalue weighted by Gasteiger charge is 2.36. The standard InChI is InChI=1S/C16H21N/c1-3-6-16-15-11-12-7-4-5-8-13(12)14(15)9-10-17(16)2/h4-5,7-9,12-13H,3,6,10-11H2,1-2H3. The molecule has 0 saturated heterocycles. The van der Waals surface area contributed by atoms with Crippen LogP contribution in [0.2, 0.25) is 0 Å². The Morgan fingerprint density at radius 3 is 2.94 bits per heavy atom. The summed E-state index contributed by atoms with van der Waals surface area (Å²) < 4.78 is 0. The monoisotopic (exact) mass is 227 g/mol. The molecule has 17 heavy (non-hydrogen) atoms.